The molecule has 15 rings (SSSR count). The first-order valence-electron chi connectivity index (χ1n) is 22.9. The van der Waals surface area contributed by atoms with Crippen molar-refractivity contribution in [2.24, 2.45) is 0 Å². The van der Waals surface area contributed by atoms with Crippen LogP contribution >= 0.6 is 0 Å². The predicted octanol–water partition coefficient (Wildman–Crippen LogP) is 15.7. The van der Waals surface area contributed by atoms with Crippen LogP contribution in [0.5, 0.6) is 0 Å². The van der Waals surface area contributed by atoms with E-state index in [2.05, 4.69) is 194 Å². The van der Waals surface area contributed by atoms with Crippen LogP contribution in [-0.2, 0) is 0 Å². The molecule has 11 aromatic rings. The second-order valence-electron chi connectivity index (χ2n) is 18.6. The molecule has 0 amide bonds. The number of pyridine rings is 2. The summed E-state index contributed by atoms with van der Waals surface area (Å²) in [6.07, 6.45) is 2.23. The average molecular weight is 813 g/mol. The van der Waals surface area contributed by atoms with Gasteiger partial charge in [0.25, 0.3) is 0 Å². The van der Waals surface area contributed by atoms with Gasteiger partial charge < -0.3 is 0 Å². The van der Waals surface area contributed by atoms with Gasteiger partial charge in [-0.3, -0.25) is 0 Å². The second kappa shape index (κ2) is 12.9. The quantitative estimate of drug-likeness (QED) is 0.131. The monoisotopic (exact) mass is 812 g/mol. The van der Waals surface area contributed by atoms with E-state index in [4.69, 9.17) is 9.97 Å². The highest BCUT2D eigenvalue weighted by atomic mass is 14.7. The highest BCUT2D eigenvalue weighted by molar-refractivity contribution is 6.17. The summed E-state index contributed by atoms with van der Waals surface area (Å²) in [6, 6.07) is 72.3. The van der Waals surface area contributed by atoms with Gasteiger partial charge in [0.15, 0.2) is 0 Å². The molecule has 0 fully saturated rings. The van der Waals surface area contributed by atoms with Crippen LogP contribution < -0.4 is 0 Å². The Kier molecular flexibility index (Phi) is 7.05. The molecule has 2 aromatic heterocycles. The first-order valence-corrected chi connectivity index (χ1v) is 22.9. The zero-order valence-corrected chi connectivity index (χ0v) is 35.1. The van der Waals surface area contributed by atoms with E-state index in [1.807, 2.05) is 0 Å². The summed E-state index contributed by atoms with van der Waals surface area (Å²) in [4.78, 5) is 11.6. The molecule has 298 valence electrons. The maximum atomic E-state index is 5.81. The fourth-order valence-electron chi connectivity index (χ4n) is 12.9. The maximum absolute atomic E-state index is 5.81. The molecule has 2 heteroatoms. The lowest BCUT2D eigenvalue weighted by Crippen LogP contribution is -2.08. The van der Waals surface area contributed by atoms with E-state index in [1.54, 1.807) is 0 Å². The molecule has 4 bridgehead atoms. The zero-order chi connectivity index (χ0) is 41.6. The van der Waals surface area contributed by atoms with Crippen molar-refractivity contribution in [3.63, 3.8) is 0 Å². The first kappa shape index (κ1) is 34.9. The van der Waals surface area contributed by atoms with E-state index in [1.165, 1.54) is 110 Å². The summed E-state index contributed by atoms with van der Waals surface area (Å²) in [5, 5.41) is 7.39. The van der Waals surface area contributed by atoms with Crippen molar-refractivity contribution in [2.75, 3.05) is 0 Å². The lowest BCUT2D eigenvalue weighted by molar-refractivity contribution is 0.797. The summed E-state index contributed by atoms with van der Waals surface area (Å²) < 4.78 is 0. The van der Waals surface area contributed by atoms with Gasteiger partial charge in [-0.2, -0.15) is 0 Å². The molecule has 0 spiro atoms. The Balaban J connectivity index is 0.978. The van der Waals surface area contributed by atoms with Gasteiger partial charge in [-0.1, -0.05) is 170 Å². The predicted molar refractivity (Wildman–Crippen MR) is 263 cm³/mol. The minimum Gasteiger partial charge on any atom is -0.247 e. The van der Waals surface area contributed by atoms with E-state index in [-0.39, 0.29) is 0 Å². The SMILES string of the molecule is c1ccc(-c2cccc(-c3nc4c(ccc5cc6c(ccc7c8c(c(-c9cccc(-c%10ccccc%10)c9)nc76)C6CC8c7ccccc76)cc54)c4c3C3CC4c4ccccc43)c2)cc1. The zero-order valence-electron chi connectivity index (χ0n) is 35.1. The first-order chi connectivity index (χ1) is 31.7. The molecule has 4 atom stereocenters. The topological polar surface area (TPSA) is 25.8 Å². The number of benzene rings is 9. The minimum absolute atomic E-state index is 0.347. The summed E-state index contributed by atoms with van der Waals surface area (Å²) in [5.41, 5.74) is 23.4. The number of hydrogen-bond acceptors (Lipinski definition) is 2. The smallest absolute Gasteiger partial charge is 0.0791 e. The van der Waals surface area contributed by atoms with Crippen LogP contribution in [0.15, 0.2) is 194 Å². The van der Waals surface area contributed by atoms with E-state index in [0.717, 1.165) is 35.3 Å². The molecule has 4 unspecified atom stereocenters. The van der Waals surface area contributed by atoms with E-state index in [0.29, 0.717) is 23.7 Å². The van der Waals surface area contributed by atoms with E-state index < -0.39 is 0 Å². The summed E-state index contributed by atoms with van der Waals surface area (Å²) in [5.74, 6) is 1.43. The minimum atomic E-state index is 0.347. The van der Waals surface area contributed by atoms with Gasteiger partial charge in [0.1, 0.15) is 0 Å². The third kappa shape index (κ3) is 4.75. The summed E-state index contributed by atoms with van der Waals surface area (Å²) in [7, 11) is 0. The van der Waals surface area contributed by atoms with Crippen LogP contribution in [0.2, 0.25) is 0 Å². The van der Waals surface area contributed by atoms with Crippen molar-refractivity contribution in [1.29, 1.82) is 0 Å². The lowest BCUT2D eigenvalue weighted by atomic mass is 9.81. The summed E-state index contributed by atoms with van der Waals surface area (Å²) in [6.45, 7) is 0. The molecule has 0 radical (unpaired) electrons. The molecule has 0 saturated heterocycles. The second-order valence-corrected chi connectivity index (χ2v) is 18.6. The van der Waals surface area contributed by atoms with Crippen LogP contribution in [0.3, 0.4) is 0 Å². The Morgan fingerprint density at radius 1 is 0.281 bits per heavy atom. The molecule has 0 saturated carbocycles. The fourth-order valence-corrected chi connectivity index (χ4v) is 12.9. The number of aromatic nitrogens is 2. The number of nitrogens with zero attached hydrogens (tertiary/aromatic N) is 2. The number of fused-ring (bicyclic) bond motifs is 24. The molecule has 4 aliphatic carbocycles. The van der Waals surface area contributed by atoms with Crippen LogP contribution in [0, 0.1) is 0 Å². The Morgan fingerprint density at radius 3 is 1.06 bits per heavy atom. The standard InChI is InChI=1S/C62H40N2/c1-3-13-35(14-4-1)37-17-11-19-41(29-37)59-57-53-33-51(43-21-7-9-23-45(43)53)55(57)47-27-25-39-32-50-40(31-49(39)61(47)63-59)26-28-48-56-52-34-54(46-24-10-8-22-44(46)52)58(56)60(64-62(48)50)42-20-12-18-38(30-42)36-15-5-2-6-16-36/h1-32,51-54H,33-34H2. The molecule has 4 aliphatic rings. The largest absolute Gasteiger partial charge is 0.247 e. The third-order valence-corrected chi connectivity index (χ3v) is 15.5. The van der Waals surface area contributed by atoms with Crippen molar-refractivity contribution in [1.82, 2.24) is 9.97 Å². The van der Waals surface area contributed by atoms with Gasteiger partial charge in [-0.15, -0.1) is 0 Å². The molecule has 0 aliphatic heterocycles. The van der Waals surface area contributed by atoms with Crippen molar-refractivity contribution >= 4 is 43.4 Å². The van der Waals surface area contributed by atoms with Gasteiger partial charge in [-0.25, -0.2) is 9.97 Å². The van der Waals surface area contributed by atoms with Gasteiger partial charge >= 0.3 is 0 Å². The molecule has 2 heterocycles. The van der Waals surface area contributed by atoms with Gasteiger partial charge in [0, 0.05) is 56.3 Å². The van der Waals surface area contributed by atoms with Crippen LogP contribution in [0.4, 0.5) is 0 Å². The van der Waals surface area contributed by atoms with Gasteiger partial charge in [-0.05, 0) is 115 Å². The van der Waals surface area contributed by atoms with Crippen molar-refractivity contribution in [3.8, 4) is 44.8 Å². The van der Waals surface area contributed by atoms with Crippen LogP contribution in [0.25, 0.3) is 88.1 Å². The van der Waals surface area contributed by atoms with E-state index >= 15 is 0 Å². The maximum Gasteiger partial charge on any atom is 0.0791 e. The number of rotatable bonds is 4. The normalized spacial score (nSPS) is 18.5. The third-order valence-electron chi connectivity index (χ3n) is 15.5. The number of hydrogen-bond donors (Lipinski definition) is 0. The van der Waals surface area contributed by atoms with Gasteiger partial charge in [0.05, 0.1) is 22.4 Å². The Bertz CT molecular complexity index is 3560. The molecule has 0 N–H and O–H groups in total. The molecule has 2 nitrogen and oxygen atoms in total. The Hall–Kier alpha value is -7.68. The highest BCUT2D eigenvalue weighted by Gasteiger charge is 2.46. The molecule has 64 heavy (non-hydrogen) atoms. The average Bonchev–Trinajstić information content (AvgIpc) is 4.16. The van der Waals surface area contributed by atoms with Gasteiger partial charge in [0.2, 0.25) is 0 Å². The van der Waals surface area contributed by atoms with Crippen LogP contribution in [0.1, 0.15) is 81.0 Å². The Labute approximate surface area is 371 Å². The summed E-state index contributed by atoms with van der Waals surface area (Å²) >= 11 is 0. The van der Waals surface area contributed by atoms with Crippen molar-refractivity contribution in [3.05, 3.63) is 239 Å². The fraction of sp³-hybridized carbons (Fsp3) is 0.0968. The van der Waals surface area contributed by atoms with Crippen LogP contribution in [-0.4, -0.2) is 9.97 Å². The Morgan fingerprint density at radius 2 is 0.641 bits per heavy atom. The van der Waals surface area contributed by atoms with Crippen molar-refractivity contribution < 1.29 is 0 Å². The highest BCUT2D eigenvalue weighted by Crippen LogP contribution is 2.62. The van der Waals surface area contributed by atoms with E-state index in [9.17, 15) is 0 Å². The lowest BCUT2D eigenvalue weighted by Gasteiger charge is -2.25. The van der Waals surface area contributed by atoms with Crippen molar-refractivity contribution in [2.45, 2.75) is 36.5 Å². The molecular weight excluding hydrogens is 773 g/mol. The molecular formula is C62H40N2. The molecule has 9 aromatic carbocycles.